The van der Waals surface area contributed by atoms with Crippen molar-refractivity contribution in [3.05, 3.63) is 63.8 Å². The van der Waals surface area contributed by atoms with Crippen LogP contribution in [0.4, 0.5) is 5.69 Å². The smallest absolute Gasteiger partial charge is 0.375 e. The number of nitrogens with one attached hydrogen (secondary N) is 1. The predicted octanol–water partition coefficient (Wildman–Crippen LogP) is 5.46. The monoisotopic (exact) mass is 435 g/mol. The molecule has 1 heterocycles. The number of para-hydroxylation sites is 1. The van der Waals surface area contributed by atoms with Crippen molar-refractivity contribution >= 4 is 51.7 Å². The third kappa shape index (κ3) is 4.72. The van der Waals surface area contributed by atoms with E-state index in [1.54, 1.807) is 30.3 Å². The summed E-state index contributed by atoms with van der Waals surface area (Å²) in [7, 11) is 0. The van der Waals surface area contributed by atoms with Gasteiger partial charge in [-0.3, -0.25) is 4.79 Å². The Morgan fingerprint density at radius 3 is 2.66 bits per heavy atom. The van der Waals surface area contributed by atoms with E-state index in [0.717, 1.165) is 5.39 Å². The number of rotatable bonds is 7. The van der Waals surface area contributed by atoms with Crippen LogP contribution in [0.2, 0.25) is 10.0 Å². The van der Waals surface area contributed by atoms with Crippen molar-refractivity contribution in [2.24, 2.45) is 0 Å². The average Bonchev–Trinajstić information content (AvgIpc) is 3.08. The van der Waals surface area contributed by atoms with Crippen LogP contribution in [-0.2, 0) is 20.9 Å². The minimum Gasteiger partial charge on any atom is -0.449 e. The Morgan fingerprint density at radius 2 is 1.90 bits per heavy atom. The van der Waals surface area contributed by atoms with Gasteiger partial charge in [-0.25, -0.2) is 4.79 Å². The van der Waals surface area contributed by atoms with Gasteiger partial charge in [0.1, 0.15) is 5.58 Å². The summed E-state index contributed by atoms with van der Waals surface area (Å²) >= 11 is 12.0. The van der Waals surface area contributed by atoms with Crippen LogP contribution in [0.25, 0.3) is 11.0 Å². The van der Waals surface area contributed by atoms with E-state index in [-0.39, 0.29) is 17.4 Å². The number of carbonyl (C=O) groups is 2. The summed E-state index contributed by atoms with van der Waals surface area (Å²) in [5, 5.41) is 3.86. The van der Waals surface area contributed by atoms with E-state index in [1.165, 1.54) is 6.92 Å². The van der Waals surface area contributed by atoms with Gasteiger partial charge in [-0.2, -0.15) is 0 Å². The third-order valence-electron chi connectivity index (χ3n) is 4.20. The summed E-state index contributed by atoms with van der Waals surface area (Å²) in [6.07, 6.45) is -1.09. The van der Waals surface area contributed by atoms with Crippen LogP contribution in [0.3, 0.4) is 0 Å². The third-order valence-corrected chi connectivity index (χ3v) is 5.02. The molecule has 1 amide bonds. The van der Waals surface area contributed by atoms with E-state index >= 15 is 0 Å². The normalized spacial score (nSPS) is 12.0. The minimum atomic E-state index is -1.09. The first-order valence-corrected chi connectivity index (χ1v) is 9.72. The highest BCUT2D eigenvalue weighted by molar-refractivity contribution is 6.44. The Hall–Kier alpha value is -2.54. The summed E-state index contributed by atoms with van der Waals surface area (Å²) in [5.41, 5.74) is 1.45. The number of furan rings is 1. The maximum Gasteiger partial charge on any atom is 0.375 e. The second kappa shape index (κ2) is 9.31. The molecule has 3 aromatic rings. The number of ether oxygens (including phenoxy) is 2. The summed E-state index contributed by atoms with van der Waals surface area (Å²) in [6, 6.07) is 12.1. The van der Waals surface area contributed by atoms with Crippen LogP contribution < -0.4 is 5.32 Å². The van der Waals surface area contributed by atoms with Gasteiger partial charge < -0.3 is 19.2 Å². The molecule has 0 aliphatic heterocycles. The number of anilines is 1. The molecule has 2 aromatic carbocycles. The first-order valence-electron chi connectivity index (χ1n) is 8.96. The number of amides is 1. The number of carbonyl (C=O) groups excluding carboxylic acids is 2. The molecule has 152 valence electrons. The first kappa shape index (κ1) is 21.2. The van der Waals surface area contributed by atoms with Crippen LogP contribution in [0.15, 0.2) is 46.9 Å². The van der Waals surface area contributed by atoms with Gasteiger partial charge in [-0.1, -0.05) is 47.5 Å². The Morgan fingerprint density at radius 1 is 1.14 bits per heavy atom. The number of hydrogen-bond donors (Lipinski definition) is 1. The SMILES string of the molecule is CCOCc1c(C(=O)OC(C)C(=O)Nc2cccc(Cl)c2Cl)oc2ccccc12. The highest BCUT2D eigenvalue weighted by Crippen LogP contribution is 2.30. The standard InChI is InChI=1S/C21H19Cl2NO5/c1-3-27-11-14-13-7-4-5-10-17(13)29-19(14)21(26)28-12(2)20(25)24-16-9-6-8-15(22)18(16)23/h4-10,12H,3,11H2,1-2H3,(H,24,25). The van der Waals surface area contributed by atoms with Gasteiger partial charge in [0.05, 0.1) is 22.3 Å². The molecule has 0 aliphatic rings. The molecule has 6 nitrogen and oxygen atoms in total. The van der Waals surface area contributed by atoms with Crippen molar-refractivity contribution in [2.45, 2.75) is 26.6 Å². The molecular formula is C21H19Cl2NO5. The van der Waals surface area contributed by atoms with Crippen molar-refractivity contribution in [3.63, 3.8) is 0 Å². The summed E-state index contributed by atoms with van der Waals surface area (Å²) in [6.45, 7) is 3.98. The van der Waals surface area contributed by atoms with E-state index < -0.39 is 18.0 Å². The van der Waals surface area contributed by atoms with Crippen LogP contribution in [0, 0.1) is 0 Å². The molecule has 0 saturated heterocycles. The van der Waals surface area contributed by atoms with Gasteiger partial charge in [-0.15, -0.1) is 0 Å². The topological polar surface area (TPSA) is 77.8 Å². The zero-order valence-corrected chi connectivity index (χ0v) is 17.3. The fourth-order valence-corrected chi connectivity index (χ4v) is 3.06. The van der Waals surface area contributed by atoms with Gasteiger partial charge in [0.15, 0.2) is 6.10 Å². The fourth-order valence-electron chi connectivity index (χ4n) is 2.71. The summed E-state index contributed by atoms with van der Waals surface area (Å²) in [4.78, 5) is 25.1. The van der Waals surface area contributed by atoms with E-state index in [1.807, 2.05) is 19.1 Å². The zero-order valence-electron chi connectivity index (χ0n) is 15.8. The number of esters is 1. The molecule has 0 radical (unpaired) electrons. The van der Waals surface area contributed by atoms with E-state index in [2.05, 4.69) is 5.32 Å². The lowest BCUT2D eigenvalue weighted by atomic mass is 10.1. The van der Waals surface area contributed by atoms with Crippen molar-refractivity contribution in [1.82, 2.24) is 0 Å². The van der Waals surface area contributed by atoms with Crippen LogP contribution >= 0.6 is 23.2 Å². The van der Waals surface area contributed by atoms with Gasteiger partial charge in [0.2, 0.25) is 5.76 Å². The fraction of sp³-hybridized carbons (Fsp3) is 0.238. The lowest BCUT2D eigenvalue weighted by molar-refractivity contribution is -0.123. The second-order valence-electron chi connectivity index (χ2n) is 6.18. The molecule has 29 heavy (non-hydrogen) atoms. The molecule has 0 spiro atoms. The number of fused-ring (bicyclic) bond motifs is 1. The average molecular weight is 436 g/mol. The molecular weight excluding hydrogens is 417 g/mol. The first-order chi connectivity index (χ1) is 13.9. The van der Waals surface area contributed by atoms with Crippen molar-refractivity contribution in [2.75, 3.05) is 11.9 Å². The molecule has 8 heteroatoms. The minimum absolute atomic E-state index is 0.0140. The number of hydrogen-bond acceptors (Lipinski definition) is 5. The van der Waals surface area contributed by atoms with Gasteiger partial charge in [0.25, 0.3) is 5.91 Å². The van der Waals surface area contributed by atoms with Crippen molar-refractivity contribution in [3.8, 4) is 0 Å². The molecule has 3 rings (SSSR count). The predicted molar refractivity (Wildman–Crippen MR) is 112 cm³/mol. The van der Waals surface area contributed by atoms with Crippen LogP contribution in [0.1, 0.15) is 30.0 Å². The number of benzene rings is 2. The van der Waals surface area contributed by atoms with Crippen molar-refractivity contribution < 1.29 is 23.5 Å². The molecule has 0 saturated carbocycles. The molecule has 1 aromatic heterocycles. The zero-order chi connectivity index (χ0) is 21.0. The van der Waals surface area contributed by atoms with Crippen molar-refractivity contribution in [1.29, 1.82) is 0 Å². The van der Waals surface area contributed by atoms with Gasteiger partial charge >= 0.3 is 5.97 Å². The van der Waals surface area contributed by atoms with E-state index in [4.69, 9.17) is 37.1 Å². The Labute approximate surface area is 177 Å². The summed E-state index contributed by atoms with van der Waals surface area (Å²) in [5.74, 6) is -1.29. The van der Waals surface area contributed by atoms with Gasteiger partial charge in [0, 0.05) is 17.6 Å². The Bertz CT molecular complexity index is 1050. The highest BCUT2D eigenvalue weighted by atomic mass is 35.5. The lowest BCUT2D eigenvalue weighted by Gasteiger charge is -2.14. The largest absolute Gasteiger partial charge is 0.449 e. The van der Waals surface area contributed by atoms with Crippen LogP contribution in [-0.4, -0.2) is 24.6 Å². The highest BCUT2D eigenvalue weighted by Gasteiger charge is 2.26. The van der Waals surface area contributed by atoms with Gasteiger partial charge in [-0.05, 0) is 32.0 Å². The molecule has 1 unspecified atom stereocenters. The maximum absolute atomic E-state index is 12.7. The molecule has 1 atom stereocenters. The molecule has 0 aliphatic carbocycles. The second-order valence-corrected chi connectivity index (χ2v) is 6.97. The van der Waals surface area contributed by atoms with Crippen LogP contribution in [0.5, 0.6) is 0 Å². The Balaban J connectivity index is 1.77. The van der Waals surface area contributed by atoms with E-state index in [9.17, 15) is 9.59 Å². The quantitative estimate of drug-likeness (QED) is 0.498. The lowest BCUT2D eigenvalue weighted by Crippen LogP contribution is -2.30. The molecule has 0 fully saturated rings. The maximum atomic E-state index is 12.7. The summed E-state index contributed by atoms with van der Waals surface area (Å²) < 4.78 is 16.4. The molecule has 0 bridgehead atoms. The molecule has 1 N–H and O–H groups in total. The van der Waals surface area contributed by atoms with E-state index in [0.29, 0.717) is 28.5 Å². The Kier molecular flexibility index (Phi) is 6.79. The number of halogens is 2.